The van der Waals surface area contributed by atoms with Crippen molar-refractivity contribution in [3.05, 3.63) is 83.2 Å². The number of aromatic amines is 1. The lowest BCUT2D eigenvalue weighted by molar-refractivity contribution is 0.102. The number of anilines is 3. The van der Waals surface area contributed by atoms with Gasteiger partial charge in [-0.25, -0.2) is 4.39 Å². The highest BCUT2D eigenvalue weighted by atomic mass is 19.1. The van der Waals surface area contributed by atoms with Gasteiger partial charge in [-0.05, 0) is 79.9 Å². The van der Waals surface area contributed by atoms with E-state index in [0.29, 0.717) is 23.8 Å². The third-order valence-corrected chi connectivity index (χ3v) is 8.24. The Morgan fingerprint density at radius 3 is 2.58 bits per heavy atom. The molecular weight excluding hydrogens is 503 g/mol. The maximum absolute atomic E-state index is 13.7. The number of nitrogens with one attached hydrogen (secondary N) is 3. The summed E-state index contributed by atoms with van der Waals surface area (Å²) >= 11 is 0. The molecule has 1 amide bonds. The molecule has 208 valence electrons. The topological polar surface area (TPSA) is 76.3 Å². The van der Waals surface area contributed by atoms with E-state index in [1.165, 1.54) is 25.3 Å². The van der Waals surface area contributed by atoms with E-state index in [1.54, 1.807) is 12.1 Å². The molecule has 2 aliphatic rings. The Morgan fingerprint density at radius 2 is 1.77 bits per heavy atom. The van der Waals surface area contributed by atoms with Crippen molar-refractivity contribution in [3.8, 4) is 0 Å². The SMILES string of the molecule is CN1CCN(c2ccc(C(=O)Nc3n[nH]c4ccc(Cc5cccc(F)c5)cc34)c(NC3CCCCC3)c2)CC1. The Balaban J connectivity index is 1.25. The van der Waals surface area contributed by atoms with Crippen molar-refractivity contribution in [2.24, 2.45) is 0 Å². The third-order valence-electron chi connectivity index (χ3n) is 8.24. The minimum absolute atomic E-state index is 0.188. The minimum atomic E-state index is -0.244. The van der Waals surface area contributed by atoms with Crippen LogP contribution in [0.25, 0.3) is 10.9 Å². The number of hydrogen-bond donors (Lipinski definition) is 3. The second-order valence-electron chi connectivity index (χ2n) is 11.2. The molecule has 0 bridgehead atoms. The van der Waals surface area contributed by atoms with Crippen molar-refractivity contribution in [1.29, 1.82) is 0 Å². The summed E-state index contributed by atoms with van der Waals surface area (Å²) in [6.07, 6.45) is 6.55. The van der Waals surface area contributed by atoms with Crippen molar-refractivity contribution >= 4 is 34.0 Å². The molecule has 3 aromatic carbocycles. The van der Waals surface area contributed by atoms with Crippen LogP contribution in [0.5, 0.6) is 0 Å². The zero-order valence-electron chi connectivity index (χ0n) is 23.0. The Morgan fingerprint density at radius 1 is 0.975 bits per heavy atom. The Kier molecular flexibility index (Phi) is 7.68. The van der Waals surface area contributed by atoms with Gasteiger partial charge in [-0.3, -0.25) is 9.89 Å². The van der Waals surface area contributed by atoms with E-state index in [-0.39, 0.29) is 11.7 Å². The van der Waals surface area contributed by atoms with Crippen LogP contribution in [0.4, 0.5) is 21.6 Å². The second kappa shape index (κ2) is 11.7. The summed E-state index contributed by atoms with van der Waals surface area (Å²) in [5.74, 6) is 0.0612. The first kappa shape index (κ1) is 26.3. The molecule has 0 atom stereocenters. The number of H-pyrrole nitrogens is 1. The molecule has 7 nitrogen and oxygen atoms in total. The van der Waals surface area contributed by atoms with Gasteiger partial charge in [0.05, 0.1) is 11.1 Å². The first-order valence-corrected chi connectivity index (χ1v) is 14.4. The molecule has 1 aromatic heterocycles. The number of rotatable bonds is 7. The van der Waals surface area contributed by atoms with Crippen LogP contribution in [-0.2, 0) is 6.42 Å². The Hall–Kier alpha value is -3.91. The third kappa shape index (κ3) is 5.97. The smallest absolute Gasteiger partial charge is 0.258 e. The van der Waals surface area contributed by atoms with Crippen LogP contribution in [0.3, 0.4) is 0 Å². The summed E-state index contributed by atoms with van der Waals surface area (Å²) in [5.41, 5.74) is 5.40. The van der Waals surface area contributed by atoms with Gasteiger partial charge in [0.1, 0.15) is 5.82 Å². The van der Waals surface area contributed by atoms with Gasteiger partial charge in [0.25, 0.3) is 5.91 Å². The molecule has 0 radical (unpaired) electrons. The number of amides is 1. The summed E-state index contributed by atoms with van der Waals surface area (Å²) in [4.78, 5) is 18.4. The zero-order chi connectivity index (χ0) is 27.5. The Labute approximate surface area is 234 Å². The van der Waals surface area contributed by atoms with Gasteiger partial charge >= 0.3 is 0 Å². The molecule has 1 aliphatic carbocycles. The van der Waals surface area contributed by atoms with E-state index < -0.39 is 0 Å². The molecule has 1 saturated heterocycles. The van der Waals surface area contributed by atoms with Crippen LogP contribution in [-0.4, -0.2) is 60.3 Å². The van der Waals surface area contributed by atoms with Crippen molar-refractivity contribution in [1.82, 2.24) is 15.1 Å². The van der Waals surface area contributed by atoms with Crippen LogP contribution in [0.15, 0.2) is 60.7 Å². The molecule has 1 aliphatic heterocycles. The number of benzene rings is 3. The first-order valence-electron chi connectivity index (χ1n) is 14.4. The van der Waals surface area contributed by atoms with Gasteiger partial charge in [-0.1, -0.05) is 37.5 Å². The predicted molar refractivity (Wildman–Crippen MR) is 160 cm³/mol. The van der Waals surface area contributed by atoms with E-state index in [0.717, 1.165) is 72.4 Å². The quantitative estimate of drug-likeness (QED) is 0.266. The molecule has 2 fully saturated rings. The van der Waals surface area contributed by atoms with Gasteiger partial charge in [-0.2, -0.15) is 5.10 Å². The predicted octanol–water partition coefficient (Wildman–Crippen LogP) is 6.04. The van der Waals surface area contributed by atoms with E-state index >= 15 is 0 Å². The van der Waals surface area contributed by atoms with Gasteiger partial charge in [0.2, 0.25) is 0 Å². The molecule has 4 aromatic rings. The maximum atomic E-state index is 13.7. The minimum Gasteiger partial charge on any atom is -0.382 e. The van der Waals surface area contributed by atoms with Gasteiger partial charge in [0.15, 0.2) is 5.82 Å². The van der Waals surface area contributed by atoms with Gasteiger partial charge < -0.3 is 20.4 Å². The lowest BCUT2D eigenvalue weighted by Gasteiger charge is -2.34. The number of hydrogen-bond acceptors (Lipinski definition) is 5. The number of carbonyl (C=O) groups is 1. The maximum Gasteiger partial charge on any atom is 0.258 e. The fourth-order valence-corrected chi connectivity index (χ4v) is 5.90. The molecule has 2 heterocycles. The van der Waals surface area contributed by atoms with Crippen LogP contribution < -0.4 is 15.5 Å². The highest BCUT2D eigenvalue weighted by molar-refractivity contribution is 6.11. The standard InChI is InChI=1S/C32H37FN6O/c1-38-14-16-39(17-15-38)26-11-12-27(30(21-26)34-25-8-3-2-4-9-25)32(40)35-31-28-20-23(10-13-29(28)36-37-31)18-22-6-5-7-24(33)19-22/h5-7,10-13,19-21,25,34H,2-4,8-9,14-18H2,1H3,(H2,35,36,37,40). The Bertz CT molecular complexity index is 1490. The number of nitrogens with zero attached hydrogens (tertiary/aromatic N) is 3. The molecule has 8 heteroatoms. The summed E-state index contributed by atoms with van der Waals surface area (Å²) < 4.78 is 13.7. The molecule has 40 heavy (non-hydrogen) atoms. The lowest BCUT2D eigenvalue weighted by atomic mass is 9.95. The van der Waals surface area contributed by atoms with Gasteiger partial charge in [0, 0.05) is 49.0 Å². The van der Waals surface area contributed by atoms with E-state index in [9.17, 15) is 9.18 Å². The normalized spacial score (nSPS) is 16.8. The summed E-state index contributed by atoms with van der Waals surface area (Å²) in [6.45, 7) is 4.01. The highest BCUT2D eigenvalue weighted by Crippen LogP contribution is 2.30. The van der Waals surface area contributed by atoms with Crippen molar-refractivity contribution < 1.29 is 9.18 Å². The highest BCUT2D eigenvalue weighted by Gasteiger charge is 2.22. The molecule has 6 rings (SSSR count). The van der Waals surface area contributed by atoms with Crippen molar-refractivity contribution in [2.45, 2.75) is 44.6 Å². The average Bonchev–Trinajstić information content (AvgIpc) is 3.35. The number of halogens is 1. The summed E-state index contributed by atoms with van der Waals surface area (Å²) in [7, 11) is 2.16. The van der Waals surface area contributed by atoms with Gasteiger partial charge in [-0.15, -0.1) is 0 Å². The first-order chi connectivity index (χ1) is 19.5. The fraction of sp³-hybridized carbons (Fsp3) is 0.375. The number of piperazine rings is 1. The second-order valence-corrected chi connectivity index (χ2v) is 11.2. The zero-order valence-corrected chi connectivity index (χ0v) is 23.0. The van der Waals surface area contributed by atoms with Crippen LogP contribution in [0.1, 0.15) is 53.6 Å². The number of aromatic nitrogens is 2. The lowest BCUT2D eigenvalue weighted by Crippen LogP contribution is -2.44. The summed E-state index contributed by atoms with van der Waals surface area (Å²) in [6, 6.07) is 19.1. The number of carbonyl (C=O) groups excluding carboxylic acids is 1. The van der Waals surface area contributed by atoms with Crippen LogP contribution >= 0.6 is 0 Å². The van der Waals surface area contributed by atoms with Crippen molar-refractivity contribution in [3.63, 3.8) is 0 Å². The average molecular weight is 541 g/mol. The van der Waals surface area contributed by atoms with E-state index in [1.807, 2.05) is 30.3 Å². The fourth-order valence-electron chi connectivity index (χ4n) is 5.90. The largest absolute Gasteiger partial charge is 0.382 e. The number of fused-ring (bicyclic) bond motifs is 1. The molecule has 0 spiro atoms. The molecular formula is C32H37FN6O. The molecule has 3 N–H and O–H groups in total. The van der Waals surface area contributed by atoms with Crippen LogP contribution in [0.2, 0.25) is 0 Å². The van der Waals surface area contributed by atoms with E-state index in [2.05, 4.69) is 49.8 Å². The van der Waals surface area contributed by atoms with E-state index in [4.69, 9.17) is 0 Å². The molecule has 1 saturated carbocycles. The van der Waals surface area contributed by atoms with Crippen molar-refractivity contribution in [2.75, 3.05) is 48.8 Å². The van der Waals surface area contributed by atoms with Crippen LogP contribution in [0, 0.1) is 5.82 Å². The molecule has 0 unspecified atom stereocenters. The monoisotopic (exact) mass is 540 g/mol. The number of likely N-dealkylation sites (N-methyl/N-ethyl adjacent to an activating group) is 1. The summed E-state index contributed by atoms with van der Waals surface area (Å²) in [5, 5.41) is 15.1.